The zero-order valence-electron chi connectivity index (χ0n) is 16.6. The average Bonchev–Trinajstić information content (AvgIpc) is 3.27. The maximum Gasteiger partial charge on any atom is 0.330 e. The molecule has 2 aromatic rings. The summed E-state index contributed by atoms with van der Waals surface area (Å²) in [5, 5.41) is 8.47. The predicted octanol–water partition coefficient (Wildman–Crippen LogP) is 7.02. The van der Waals surface area contributed by atoms with Gasteiger partial charge in [-0.15, -0.1) is 22.7 Å². The van der Waals surface area contributed by atoms with Gasteiger partial charge in [-0.3, -0.25) is 4.57 Å². The van der Waals surface area contributed by atoms with Gasteiger partial charge in [0.15, 0.2) is 0 Å². The van der Waals surface area contributed by atoms with Crippen molar-refractivity contribution >= 4 is 30.3 Å². The minimum absolute atomic E-state index is 0.150. The van der Waals surface area contributed by atoms with Crippen molar-refractivity contribution in [2.45, 2.75) is 84.2 Å². The molecule has 2 aromatic heterocycles. The molecule has 0 aliphatic heterocycles. The van der Waals surface area contributed by atoms with E-state index in [0.717, 1.165) is 23.3 Å². The van der Waals surface area contributed by atoms with Crippen molar-refractivity contribution in [2.75, 3.05) is 0 Å². The van der Waals surface area contributed by atoms with Crippen molar-refractivity contribution in [3.63, 3.8) is 0 Å². The second-order valence-electron chi connectivity index (χ2n) is 6.83. The van der Waals surface area contributed by atoms with Gasteiger partial charge < -0.3 is 9.79 Å². The van der Waals surface area contributed by atoms with Gasteiger partial charge in [-0.2, -0.15) is 0 Å². The molecule has 3 nitrogen and oxygen atoms in total. The summed E-state index contributed by atoms with van der Waals surface area (Å²) in [4.78, 5) is 18.4. The largest absolute Gasteiger partial charge is 0.330 e. The van der Waals surface area contributed by atoms with Crippen LogP contribution in [-0.2, 0) is 23.6 Å². The summed E-state index contributed by atoms with van der Waals surface area (Å²) in [5.74, 6) is 0. The highest BCUT2D eigenvalue weighted by Crippen LogP contribution is 2.40. The quantitative estimate of drug-likeness (QED) is 0.282. The molecule has 0 aromatic carbocycles. The van der Waals surface area contributed by atoms with Gasteiger partial charge in [0.1, 0.15) is 0 Å². The topological polar surface area (TPSA) is 57.5 Å². The van der Waals surface area contributed by atoms with Crippen molar-refractivity contribution in [1.82, 2.24) is 0 Å². The summed E-state index contributed by atoms with van der Waals surface area (Å²) in [6, 6.07) is 4.05. The van der Waals surface area contributed by atoms with E-state index in [1.54, 1.807) is 11.3 Å². The number of rotatable bonds is 12. The van der Waals surface area contributed by atoms with Crippen LogP contribution in [0.5, 0.6) is 0 Å². The van der Waals surface area contributed by atoms with Crippen LogP contribution in [0.4, 0.5) is 0 Å². The molecular formula is C21H33O3PS2. The highest BCUT2D eigenvalue weighted by molar-refractivity contribution is 7.51. The third-order valence-electron chi connectivity index (χ3n) is 4.14. The van der Waals surface area contributed by atoms with Gasteiger partial charge in [0, 0.05) is 15.6 Å². The van der Waals surface area contributed by atoms with Crippen LogP contribution in [0.3, 0.4) is 0 Å². The molecule has 0 unspecified atom stereocenters. The molecule has 0 amide bonds. The zero-order valence-corrected chi connectivity index (χ0v) is 19.1. The number of unbranched alkanes of at least 4 members (excludes halogenated alkanes) is 6. The molecule has 2 heterocycles. The molecule has 0 aliphatic rings. The third-order valence-corrected chi connectivity index (χ3v) is 6.64. The Morgan fingerprint density at radius 2 is 1.56 bits per heavy atom. The molecule has 152 valence electrons. The molecule has 27 heavy (non-hydrogen) atoms. The first-order valence-corrected chi connectivity index (χ1v) is 13.4. The van der Waals surface area contributed by atoms with Gasteiger partial charge >= 0.3 is 7.60 Å². The SMILES string of the molecule is CCCCCCc1[c]sc(CP(=O)(O)O)c1.CCCCCCc1[c]scc1. The minimum Gasteiger partial charge on any atom is -0.324 e. The second-order valence-corrected chi connectivity index (χ2v) is 10.1. The van der Waals surface area contributed by atoms with Crippen LogP contribution in [0.1, 0.15) is 81.2 Å². The standard InChI is InChI=1S/C11H18O3PS.C10H15S/c1-2-3-4-5-6-10-7-11(16-9-10)8-15(12,13)14;1-2-3-4-5-6-10-7-8-11-9-10/h7H,2-6,8H2,1H3,(H2,12,13,14);7-8H,2-6H2,1H3. The summed E-state index contributed by atoms with van der Waals surface area (Å²) < 4.78 is 10.8. The van der Waals surface area contributed by atoms with Crippen LogP contribution in [0.15, 0.2) is 17.5 Å². The van der Waals surface area contributed by atoms with Gasteiger partial charge in [-0.05, 0) is 54.3 Å². The monoisotopic (exact) mass is 428 g/mol. The van der Waals surface area contributed by atoms with E-state index in [1.165, 1.54) is 68.3 Å². The molecule has 2 radical (unpaired) electrons. The summed E-state index contributed by atoms with van der Waals surface area (Å²) >= 11 is 3.00. The van der Waals surface area contributed by atoms with Crippen LogP contribution in [0.2, 0.25) is 0 Å². The first kappa shape index (κ1) is 24.6. The Labute approximate surface area is 173 Å². The van der Waals surface area contributed by atoms with Gasteiger partial charge in [0.2, 0.25) is 0 Å². The van der Waals surface area contributed by atoms with E-state index in [4.69, 9.17) is 9.79 Å². The summed E-state index contributed by atoms with van der Waals surface area (Å²) in [7, 11) is -3.92. The van der Waals surface area contributed by atoms with E-state index in [9.17, 15) is 4.57 Å². The highest BCUT2D eigenvalue weighted by atomic mass is 32.1. The van der Waals surface area contributed by atoms with E-state index in [-0.39, 0.29) is 6.16 Å². The summed E-state index contributed by atoms with van der Waals surface area (Å²) in [5.41, 5.74) is 2.48. The Kier molecular flexibility index (Phi) is 13.2. The lowest BCUT2D eigenvalue weighted by molar-refractivity contribution is 0.372. The second kappa shape index (κ2) is 14.5. The molecule has 0 saturated heterocycles. The molecule has 0 saturated carbocycles. The fourth-order valence-corrected chi connectivity index (χ4v) is 5.17. The van der Waals surface area contributed by atoms with Crippen molar-refractivity contribution < 1.29 is 14.4 Å². The fourth-order valence-electron chi connectivity index (χ4n) is 2.67. The summed E-state index contributed by atoms with van der Waals surface area (Å²) in [6.45, 7) is 4.42. The van der Waals surface area contributed by atoms with Crippen molar-refractivity contribution in [1.29, 1.82) is 0 Å². The lowest BCUT2D eigenvalue weighted by atomic mass is 10.1. The number of aryl methyl sites for hydroxylation is 2. The maximum absolute atomic E-state index is 10.8. The minimum atomic E-state index is -3.92. The maximum atomic E-state index is 10.8. The molecule has 0 spiro atoms. The number of hydrogen-bond acceptors (Lipinski definition) is 3. The van der Waals surface area contributed by atoms with Gasteiger partial charge in [-0.25, -0.2) is 0 Å². The van der Waals surface area contributed by atoms with Crippen molar-refractivity contribution in [3.8, 4) is 0 Å². The van der Waals surface area contributed by atoms with Crippen molar-refractivity contribution in [3.05, 3.63) is 44.3 Å². The smallest absolute Gasteiger partial charge is 0.324 e. The Morgan fingerprint density at radius 3 is 2.07 bits per heavy atom. The van der Waals surface area contributed by atoms with Crippen molar-refractivity contribution in [2.24, 2.45) is 0 Å². The zero-order chi connectivity index (χ0) is 20.0. The highest BCUT2D eigenvalue weighted by Gasteiger charge is 2.15. The van der Waals surface area contributed by atoms with E-state index in [0.29, 0.717) is 0 Å². The molecule has 6 heteroatoms. The summed E-state index contributed by atoms with van der Waals surface area (Å²) in [6.07, 6.45) is 12.3. The Bertz CT molecular complexity index is 632. The van der Waals surface area contributed by atoms with Gasteiger partial charge in [-0.1, -0.05) is 52.4 Å². The normalized spacial score (nSPS) is 11.3. The first-order chi connectivity index (χ1) is 12.9. The molecule has 2 N–H and O–H groups in total. The van der Waals surface area contributed by atoms with E-state index >= 15 is 0 Å². The number of thiophene rings is 2. The Morgan fingerprint density at radius 1 is 0.926 bits per heavy atom. The Hall–Kier alpha value is -0.450. The molecular weight excluding hydrogens is 395 g/mol. The molecule has 0 aliphatic carbocycles. The van der Waals surface area contributed by atoms with Crippen LogP contribution < -0.4 is 0 Å². The first-order valence-electron chi connectivity index (χ1n) is 9.92. The van der Waals surface area contributed by atoms with E-state index < -0.39 is 7.60 Å². The molecule has 0 fully saturated rings. The molecule has 2 rings (SSSR count). The molecule has 0 bridgehead atoms. The average molecular weight is 429 g/mol. The molecule has 0 atom stereocenters. The predicted molar refractivity (Wildman–Crippen MR) is 118 cm³/mol. The third kappa shape index (κ3) is 13.4. The lowest BCUT2D eigenvalue weighted by Gasteiger charge is -1.99. The fraction of sp³-hybridized carbons (Fsp3) is 0.619. The lowest BCUT2D eigenvalue weighted by Crippen LogP contribution is -1.84. The van der Waals surface area contributed by atoms with Crippen LogP contribution in [0.25, 0.3) is 0 Å². The van der Waals surface area contributed by atoms with E-state index in [1.807, 2.05) is 6.07 Å². The van der Waals surface area contributed by atoms with Gasteiger partial charge in [0.25, 0.3) is 0 Å². The Balaban J connectivity index is 0.000000289. The number of hydrogen-bond donors (Lipinski definition) is 2. The van der Waals surface area contributed by atoms with Crippen LogP contribution in [-0.4, -0.2) is 9.79 Å². The van der Waals surface area contributed by atoms with E-state index in [2.05, 4.69) is 36.1 Å². The van der Waals surface area contributed by atoms with Crippen LogP contribution in [0, 0.1) is 10.8 Å². The van der Waals surface area contributed by atoms with Crippen LogP contribution >= 0.6 is 30.3 Å². The van der Waals surface area contributed by atoms with Gasteiger partial charge in [0.05, 0.1) is 6.16 Å².